The molecule has 0 radical (unpaired) electrons. The third-order valence-electron chi connectivity index (χ3n) is 3.96. The molecule has 3 rings (SSSR count). The predicted octanol–water partition coefficient (Wildman–Crippen LogP) is 2.07. The Morgan fingerprint density at radius 3 is 3.08 bits per heavy atom. The summed E-state index contributed by atoms with van der Waals surface area (Å²) in [5.41, 5.74) is 0.773. The van der Waals surface area contributed by atoms with Crippen LogP contribution in [-0.4, -0.2) is 46.5 Å². The molecule has 7 nitrogen and oxygen atoms in total. The fraction of sp³-hybridized carbons (Fsp3) is 0.500. The standard InChI is InChI=1S/C16H22N6OS/c1-3-18-16-20-11(2)14(24-16)15(23)21-12-5-4-8-22(10-12)13-9-17-6-7-19-13/h6-7,9,12H,3-5,8,10H2,1-2H3,(H,18,20)(H,21,23)/t12-/m1/s1. The number of aryl methyl sites for hydroxylation is 1. The first-order chi connectivity index (χ1) is 11.7. The molecule has 1 fully saturated rings. The highest BCUT2D eigenvalue weighted by atomic mass is 32.1. The molecule has 1 saturated heterocycles. The van der Waals surface area contributed by atoms with Crippen LogP contribution >= 0.6 is 11.3 Å². The summed E-state index contributed by atoms with van der Waals surface area (Å²) in [5.74, 6) is 0.819. The van der Waals surface area contributed by atoms with Gasteiger partial charge in [0.15, 0.2) is 5.13 Å². The average Bonchev–Trinajstić information content (AvgIpc) is 2.97. The molecule has 2 aromatic heterocycles. The van der Waals surface area contributed by atoms with Crippen molar-refractivity contribution in [1.29, 1.82) is 0 Å². The van der Waals surface area contributed by atoms with E-state index in [4.69, 9.17) is 0 Å². The van der Waals surface area contributed by atoms with Crippen LogP contribution in [0.1, 0.15) is 35.1 Å². The number of amides is 1. The summed E-state index contributed by atoms with van der Waals surface area (Å²) in [6, 6.07) is 0.109. The number of rotatable bonds is 5. The van der Waals surface area contributed by atoms with E-state index in [1.165, 1.54) is 11.3 Å². The minimum atomic E-state index is -0.0415. The van der Waals surface area contributed by atoms with Gasteiger partial charge < -0.3 is 15.5 Å². The zero-order valence-corrected chi connectivity index (χ0v) is 14.8. The van der Waals surface area contributed by atoms with E-state index < -0.39 is 0 Å². The van der Waals surface area contributed by atoms with Crippen LogP contribution in [0.15, 0.2) is 18.6 Å². The number of nitrogens with one attached hydrogen (secondary N) is 2. The van der Waals surface area contributed by atoms with Crippen LogP contribution in [0.25, 0.3) is 0 Å². The van der Waals surface area contributed by atoms with Crippen molar-refractivity contribution >= 4 is 28.2 Å². The maximum absolute atomic E-state index is 12.6. The molecule has 2 N–H and O–H groups in total. The molecule has 1 aliphatic rings. The second-order valence-corrected chi connectivity index (χ2v) is 6.79. The Bertz CT molecular complexity index is 689. The van der Waals surface area contributed by atoms with Gasteiger partial charge in [0, 0.05) is 38.1 Å². The van der Waals surface area contributed by atoms with Crippen LogP contribution in [0.4, 0.5) is 10.9 Å². The van der Waals surface area contributed by atoms with Crippen molar-refractivity contribution in [1.82, 2.24) is 20.3 Å². The fourth-order valence-corrected chi connectivity index (χ4v) is 3.78. The predicted molar refractivity (Wildman–Crippen MR) is 95.7 cm³/mol. The number of nitrogens with zero attached hydrogens (tertiary/aromatic N) is 4. The van der Waals surface area contributed by atoms with Gasteiger partial charge in [0.2, 0.25) is 0 Å². The summed E-state index contributed by atoms with van der Waals surface area (Å²) in [4.78, 5) is 28.3. The van der Waals surface area contributed by atoms with Gasteiger partial charge in [0.05, 0.1) is 11.9 Å². The smallest absolute Gasteiger partial charge is 0.263 e. The molecule has 0 aromatic carbocycles. The second kappa shape index (κ2) is 7.57. The van der Waals surface area contributed by atoms with Crippen LogP contribution in [0.5, 0.6) is 0 Å². The Morgan fingerprint density at radius 1 is 1.46 bits per heavy atom. The molecule has 0 unspecified atom stereocenters. The van der Waals surface area contributed by atoms with Crippen molar-refractivity contribution in [2.75, 3.05) is 29.9 Å². The van der Waals surface area contributed by atoms with Crippen molar-refractivity contribution in [2.45, 2.75) is 32.7 Å². The molecule has 3 heterocycles. The van der Waals surface area contributed by atoms with Gasteiger partial charge in [-0.05, 0) is 26.7 Å². The average molecular weight is 346 g/mol. The number of hydrogen-bond donors (Lipinski definition) is 2. The van der Waals surface area contributed by atoms with Crippen molar-refractivity contribution in [2.24, 2.45) is 0 Å². The highest BCUT2D eigenvalue weighted by Crippen LogP contribution is 2.23. The van der Waals surface area contributed by atoms with Gasteiger partial charge in [-0.2, -0.15) is 0 Å². The lowest BCUT2D eigenvalue weighted by atomic mass is 10.1. The maximum atomic E-state index is 12.6. The number of carbonyl (C=O) groups is 1. The Balaban J connectivity index is 1.64. The lowest BCUT2D eigenvalue weighted by molar-refractivity contribution is 0.0936. The molecule has 2 aromatic rings. The normalized spacial score (nSPS) is 17.6. The minimum absolute atomic E-state index is 0.0415. The highest BCUT2D eigenvalue weighted by molar-refractivity contribution is 7.17. The number of thiazole rings is 1. The highest BCUT2D eigenvalue weighted by Gasteiger charge is 2.24. The van der Waals surface area contributed by atoms with Gasteiger partial charge in [-0.15, -0.1) is 0 Å². The van der Waals surface area contributed by atoms with Gasteiger partial charge in [-0.3, -0.25) is 9.78 Å². The summed E-state index contributed by atoms with van der Waals surface area (Å²) < 4.78 is 0. The minimum Gasteiger partial charge on any atom is -0.362 e. The summed E-state index contributed by atoms with van der Waals surface area (Å²) in [6.45, 7) is 6.37. The first-order valence-electron chi connectivity index (χ1n) is 8.20. The third kappa shape index (κ3) is 3.81. The zero-order valence-electron chi connectivity index (χ0n) is 14.0. The van der Waals surface area contributed by atoms with Crippen molar-refractivity contribution in [3.8, 4) is 0 Å². The zero-order chi connectivity index (χ0) is 16.9. The molecular formula is C16H22N6OS. The molecule has 1 atom stereocenters. The van der Waals surface area contributed by atoms with Crippen LogP contribution in [0.3, 0.4) is 0 Å². The number of aromatic nitrogens is 3. The van der Waals surface area contributed by atoms with Crippen LogP contribution in [0.2, 0.25) is 0 Å². The van der Waals surface area contributed by atoms with E-state index >= 15 is 0 Å². The molecule has 128 valence electrons. The Morgan fingerprint density at radius 2 is 2.33 bits per heavy atom. The number of piperidine rings is 1. The first kappa shape index (κ1) is 16.6. The Labute approximate surface area is 145 Å². The number of hydrogen-bond acceptors (Lipinski definition) is 7. The molecule has 8 heteroatoms. The van der Waals surface area contributed by atoms with Crippen LogP contribution in [-0.2, 0) is 0 Å². The number of anilines is 2. The molecule has 24 heavy (non-hydrogen) atoms. The third-order valence-corrected chi connectivity index (χ3v) is 5.07. The topological polar surface area (TPSA) is 83.0 Å². The van der Waals surface area contributed by atoms with E-state index in [0.717, 1.165) is 49.1 Å². The monoisotopic (exact) mass is 346 g/mol. The molecule has 0 saturated carbocycles. The summed E-state index contributed by atoms with van der Waals surface area (Å²) in [6.07, 6.45) is 7.12. The van der Waals surface area contributed by atoms with Gasteiger partial charge in [0.25, 0.3) is 5.91 Å². The lowest BCUT2D eigenvalue weighted by Gasteiger charge is -2.33. The quantitative estimate of drug-likeness (QED) is 0.862. The van der Waals surface area contributed by atoms with E-state index in [9.17, 15) is 4.79 Å². The number of carbonyl (C=O) groups excluding carboxylic acids is 1. The second-order valence-electron chi connectivity index (χ2n) is 5.79. The Kier molecular flexibility index (Phi) is 5.24. The van der Waals surface area contributed by atoms with Gasteiger partial charge in [-0.1, -0.05) is 11.3 Å². The SMILES string of the molecule is CCNc1nc(C)c(C(=O)N[C@@H]2CCCN(c3cnccn3)C2)s1. The first-order valence-corrected chi connectivity index (χ1v) is 9.02. The molecular weight excluding hydrogens is 324 g/mol. The fourth-order valence-electron chi connectivity index (χ4n) is 2.84. The van der Waals surface area contributed by atoms with E-state index in [1.54, 1.807) is 18.6 Å². The van der Waals surface area contributed by atoms with Crippen molar-refractivity contribution < 1.29 is 4.79 Å². The summed E-state index contributed by atoms with van der Waals surface area (Å²) >= 11 is 1.41. The van der Waals surface area contributed by atoms with Gasteiger partial charge >= 0.3 is 0 Å². The van der Waals surface area contributed by atoms with Crippen LogP contribution in [0, 0.1) is 6.92 Å². The molecule has 1 amide bonds. The van der Waals surface area contributed by atoms with E-state index in [2.05, 4.69) is 30.5 Å². The van der Waals surface area contributed by atoms with E-state index in [-0.39, 0.29) is 11.9 Å². The maximum Gasteiger partial charge on any atom is 0.263 e. The summed E-state index contributed by atoms with van der Waals surface area (Å²) in [5, 5.41) is 7.10. The molecule has 0 bridgehead atoms. The largest absolute Gasteiger partial charge is 0.362 e. The Hall–Kier alpha value is -2.22. The van der Waals surface area contributed by atoms with Crippen molar-refractivity contribution in [3.05, 3.63) is 29.2 Å². The van der Waals surface area contributed by atoms with E-state index in [1.807, 2.05) is 13.8 Å². The van der Waals surface area contributed by atoms with Crippen molar-refractivity contribution in [3.63, 3.8) is 0 Å². The molecule has 0 spiro atoms. The molecule has 1 aliphatic heterocycles. The summed E-state index contributed by atoms with van der Waals surface area (Å²) in [7, 11) is 0. The van der Waals surface area contributed by atoms with E-state index in [0.29, 0.717) is 4.88 Å². The van der Waals surface area contributed by atoms with Gasteiger partial charge in [-0.25, -0.2) is 9.97 Å². The molecule has 0 aliphatic carbocycles. The van der Waals surface area contributed by atoms with Crippen LogP contribution < -0.4 is 15.5 Å². The van der Waals surface area contributed by atoms with Gasteiger partial charge in [0.1, 0.15) is 10.7 Å². The lowest BCUT2D eigenvalue weighted by Crippen LogP contribution is -2.48.